The average Bonchev–Trinajstić information content (AvgIpc) is 2.13. The molecule has 9 heteroatoms. The van der Waals surface area contributed by atoms with Crippen molar-refractivity contribution in [2.45, 2.75) is 18.9 Å². The number of hydrogen-bond acceptors (Lipinski definition) is 6. The van der Waals surface area contributed by atoms with E-state index in [0.29, 0.717) is 30.2 Å². The van der Waals surface area contributed by atoms with E-state index in [0.717, 1.165) is 0 Å². The van der Waals surface area contributed by atoms with Crippen LogP contribution in [-0.4, -0.2) is 51.2 Å². The fraction of sp³-hybridized carbons (Fsp3) is 1.00. The molecule has 16 heavy (non-hydrogen) atoms. The molecule has 0 aliphatic carbocycles. The first-order valence-corrected chi connectivity index (χ1v) is 9.60. The van der Waals surface area contributed by atoms with Crippen LogP contribution in [-0.2, 0) is 19.0 Å². The van der Waals surface area contributed by atoms with E-state index in [4.69, 9.17) is 4.55 Å². The molecular weight excluding hydrogens is 274 g/mol. The fourth-order valence-corrected chi connectivity index (χ4v) is 4.29. The van der Waals surface area contributed by atoms with Crippen molar-refractivity contribution in [3.63, 3.8) is 0 Å². The Morgan fingerprint density at radius 3 is 2.38 bits per heavy atom. The molecule has 0 saturated carbocycles. The summed E-state index contributed by atoms with van der Waals surface area (Å²) in [6, 6.07) is 0.130. The topological polar surface area (TPSA) is 101 Å². The van der Waals surface area contributed by atoms with Crippen LogP contribution in [0.5, 0.6) is 0 Å². The Morgan fingerprint density at radius 1 is 1.31 bits per heavy atom. The van der Waals surface area contributed by atoms with Crippen LogP contribution in [0.1, 0.15) is 12.8 Å². The Hall–Kier alpha value is 0.170. The molecule has 96 valence electrons. The zero-order valence-electron chi connectivity index (χ0n) is 8.62. The van der Waals surface area contributed by atoms with E-state index in [-0.39, 0.29) is 23.3 Å². The van der Waals surface area contributed by atoms with Crippen molar-refractivity contribution in [3.05, 3.63) is 0 Å². The molecule has 0 spiro atoms. The Morgan fingerprint density at radius 2 is 1.88 bits per heavy atom. The van der Waals surface area contributed by atoms with Crippen LogP contribution in [0.4, 0.5) is 0 Å². The highest BCUT2D eigenvalue weighted by Gasteiger charge is 2.22. The van der Waals surface area contributed by atoms with Gasteiger partial charge in [0.05, 0.1) is 11.5 Å². The summed E-state index contributed by atoms with van der Waals surface area (Å²) in [5.41, 5.74) is 0. The van der Waals surface area contributed by atoms with Gasteiger partial charge in [-0.15, -0.1) is 0 Å². The zero-order chi connectivity index (χ0) is 12.2. The van der Waals surface area contributed by atoms with Crippen LogP contribution in [0.2, 0.25) is 0 Å². The molecule has 1 aliphatic heterocycles. The monoisotopic (exact) mass is 289 g/mol. The highest BCUT2D eigenvalue weighted by molar-refractivity contribution is 8.69. The van der Waals surface area contributed by atoms with Gasteiger partial charge in [0.15, 0.2) is 0 Å². The molecule has 1 heterocycles. The Bertz CT molecular complexity index is 401. The first kappa shape index (κ1) is 14.2. The maximum Gasteiger partial charge on any atom is 0.319 e. The van der Waals surface area contributed by atoms with E-state index >= 15 is 0 Å². The second-order valence-corrected chi connectivity index (χ2v) is 9.40. The third-order valence-electron chi connectivity index (χ3n) is 2.32. The second kappa shape index (κ2) is 5.67. The van der Waals surface area contributed by atoms with Gasteiger partial charge in [-0.2, -0.15) is 8.42 Å². The normalized spacial score (nSPS) is 22.1. The summed E-state index contributed by atoms with van der Waals surface area (Å²) in [4.78, 5) is 0. The van der Waals surface area contributed by atoms with Gasteiger partial charge >= 0.3 is 9.15 Å². The average molecular weight is 289 g/mol. The van der Waals surface area contributed by atoms with Crippen LogP contribution < -0.4 is 5.32 Å². The zero-order valence-corrected chi connectivity index (χ0v) is 11.1. The van der Waals surface area contributed by atoms with Gasteiger partial charge in [0, 0.05) is 18.3 Å². The van der Waals surface area contributed by atoms with Crippen LogP contribution in [0.25, 0.3) is 0 Å². The molecule has 0 atom stereocenters. The lowest BCUT2D eigenvalue weighted by atomic mass is 10.1. The van der Waals surface area contributed by atoms with Gasteiger partial charge in [-0.25, -0.2) is 8.42 Å². The number of rotatable bonds is 5. The Balaban J connectivity index is 2.16. The molecule has 0 aromatic heterocycles. The molecule has 1 fully saturated rings. The summed E-state index contributed by atoms with van der Waals surface area (Å²) in [7, 11) is -6.35. The summed E-state index contributed by atoms with van der Waals surface area (Å²) in [5.74, 6) is 0.633. The minimum atomic E-state index is -3.96. The molecule has 0 bridgehead atoms. The lowest BCUT2D eigenvalue weighted by Crippen LogP contribution is -2.38. The Labute approximate surface area is 99.3 Å². The van der Waals surface area contributed by atoms with Crippen molar-refractivity contribution >= 4 is 29.8 Å². The van der Waals surface area contributed by atoms with Crippen molar-refractivity contribution in [2.75, 3.05) is 23.8 Å². The van der Waals surface area contributed by atoms with Crippen molar-refractivity contribution in [1.29, 1.82) is 0 Å². The van der Waals surface area contributed by atoms with Crippen LogP contribution >= 0.6 is 10.8 Å². The molecular formula is C7H15NO5S3. The summed E-state index contributed by atoms with van der Waals surface area (Å²) in [6.45, 7) is 0.440. The molecule has 0 amide bonds. The van der Waals surface area contributed by atoms with Gasteiger partial charge < -0.3 is 5.32 Å². The van der Waals surface area contributed by atoms with Crippen LogP contribution in [0.3, 0.4) is 0 Å². The van der Waals surface area contributed by atoms with Gasteiger partial charge in [0.2, 0.25) is 0 Å². The minimum absolute atomic E-state index is 0.130. The summed E-state index contributed by atoms with van der Waals surface area (Å²) < 4.78 is 51.4. The second-order valence-electron chi connectivity index (χ2n) is 3.63. The summed E-state index contributed by atoms with van der Waals surface area (Å²) in [6.07, 6.45) is 1.14. The van der Waals surface area contributed by atoms with Crippen molar-refractivity contribution in [1.82, 2.24) is 5.32 Å². The molecule has 0 unspecified atom stereocenters. The molecule has 6 nitrogen and oxygen atoms in total. The highest BCUT2D eigenvalue weighted by atomic mass is 33.1. The number of nitrogens with one attached hydrogen (secondary N) is 1. The van der Waals surface area contributed by atoms with E-state index in [9.17, 15) is 16.8 Å². The minimum Gasteiger partial charge on any atom is -0.313 e. The predicted octanol–water partition coefficient (Wildman–Crippen LogP) is -0.311. The van der Waals surface area contributed by atoms with Crippen LogP contribution in [0, 0.1) is 0 Å². The number of sulfone groups is 1. The quantitative estimate of drug-likeness (QED) is 0.407. The molecule has 0 radical (unpaired) electrons. The lowest BCUT2D eigenvalue weighted by molar-refractivity contribution is 0.476. The Kier molecular flexibility index (Phi) is 5.05. The summed E-state index contributed by atoms with van der Waals surface area (Å²) in [5, 5.41) is 3.07. The van der Waals surface area contributed by atoms with Crippen molar-refractivity contribution in [3.8, 4) is 0 Å². The summed E-state index contributed by atoms with van der Waals surface area (Å²) >= 11 is 0. The molecule has 1 saturated heterocycles. The van der Waals surface area contributed by atoms with Gasteiger partial charge in [0.25, 0.3) is 0 Å². The van der Waals surface area contributed by atoms with E-state index in [1.165, 1.54) is 0 Å². The first-order valence-electron chi connectivity index (χ1n) is 4.84. The van der Waals surface area contributed by atoms with E-state index in [2.05, 4.69) is 5.32 Å². The van der Waals surface area contributed by atoms with Gasteiger partial charge in [-0.3, -0.25) is 4.55 Å². The van der Waals surface area contributed by atoms with Gasteiger partial charge in [0.1, 0.15) is 9.84 Å². The smallest absolute Gasteiger partial charge is 0.313 e. The maximum absolute atomic E-state index is 11.1. The predicted molar refractivity (Wildman–Crippen MR) is 63.7 cm³/mol. The van der Waals surface area contributed by atoms with Crippen molar-refractivity contribution in [2.24, 2.45) is 0 Å². The third kappa shape index (κ3) is 6.04. The number of hydrogen-bond donors (Lipinski definition) is 2. The maximum atomic E-state index is 11.1. The molecule has 0 aromatic carbocycles. The van der Waals surface area contributed by atoms with E-state index < -0.39 is 19.0 Å². The van der Waals surface area contributed by atoms with E-state index in [1.807, 2.05) is 0 Å². The molecule has 1 rings (SSSR count). The third-order valence-corrected chi connectivity index (χ3v) is 6.10. The van der Waals surface area contributed by atoms with E-state index in [1.54, 1.807) is 0 Å². The standard InChI is InChI=1S/C7H15NO5S3/c9-15(10)5-1-7(2-6-15)8-3-4-14-16(11,12)13/h7-8H,1-6H2,(H,11,12,13). The highest BCUT2D eigenvalue weighted by Crippen LogP contribution is 2.13. The molecule has 1 aliphatic rings. The van der Waals surface area contributed by atoms with Crippen LogP contribution in [0.15, 0.2) is 0 Å². The molecule has 2 N–H and O–H groups in total. The fourth-order valence-electron chi connectivity index (χ4n) is 1.50. The molecule has 0 aromatic rings. The SMILES string of the molecule is O=S1(=O)CCC(NCCSS(=O)(=O)O)CC1. The lowest BCUT2D eigenvalue weighted by Gasteiger charge is -2.22. The van der Waals surface area contributed by atoms with Gasteiger partial charge in [-0.05, 0) is 23.6 Å². The van der Waals surface area contributed by atoms with Gasteiger partial charge in [-0.1, -0.05) is 0 Å². The first-order chi connectivity index (χ1) is 7.29. The largest absolute Gasteiger partial charge is 0.319 e. The van der Waals surface area contributed by atoms with Crippen molar-refractivity contribution < 1.29 is 21.4 Å².